The first-order chi connectivity index (χ1) is 13.9. The van der Waals surface area contributed by atoms with Gasteiger partial charge in [-0.2, -0.15) is 0 Å². The standard InChI is InChI=1S/C21H22N2O6/c1-28-18-11-14(12-22-9-10-23(21(26)27)13-19(22)24)3-8-17(18)15-4-6-16(7-5-15)20(25)29-2/h3-8,11H,9-10,12-13H2,1-2H3,(H,26,27). The molecule has 0 saturated carbocycles. The largest absolute Gasteiger partial charge is 0.496 e. The van der Waals surface area contributed by atoms with Crippen LogP contribution in [0.3, 0.4) is 0 Å². The Labute approximate surface area is 168 Å². The highest BCUT2D eigenvalue weighted by Gasteiger charge is 2.26. The second-order valence-corrected chi connectivity index (χ2v) is 6.62. The van der Waals surface area contributed by atoms with Crippen LogP contribution < -0.4 is 4.74 Å². The second-order valence-electron chi connectivity index (χ2n) is 6.62. The minimum absolute atomic E-state index is 0.128. The van der Waals surface area contributed by atoms with Crippen molar-refractivity contribution < 1.29 is 29.0 Å². The smallest absolute Gasteiger partial charge is 0.407 e. The van der Waals surface area contributed by atoms with Gasteiger partial charge in [0.25, 0.3) is 0 Å². The van der Waals surface area contributed by atoms with Crippen molar-refractivity contribution in [3.63, 3.8) is 0 Å². The molecule has 0 radical (unpaired) electrons. The van der Waals surface area contributed by atoms with Crippen LogP contribution in [0.15, 0.2) is 42.5 Å². The monoisotopic (exact) mass is 398 g/mol. The third-order valence-corrected chi connectivity index (χ3v) is 4.85. The Balaban J connectivity index is 1.76. The number of hydrogen-bond donors (Lipinski definition) is 1. The summed E-state index contributed by atoms with van der Waals surface area (Å²) in [6.45, 7) is 0.897. The van der Waals surface area contributed by atoms with Crippen molar-refractivity contribution in [3.8, 4) is 16.9 Å². The van der Waals surface area contributed by atoms with E-state index in [2.05, 4.69) is 0 Å². The molecule has 0 unspecified atom stereocenters. The Hall–Kier alpha value is -3.55. The Bertz CT molecular complexity index is 925. The Morgan fingerprint density at radius 2 is 1.79 bits per heavy atom. The van der Waals surface area contributed by atoms with Crippen molar-refractivity contribution in [3.05, 3.63) is 53.6 Å². The van der Waals surface area contributed by atoms with Crippen molar-refractivity contribution in [2.24, 2.45) is 0 Å². The zero-order valence-corrected chi connectivity index (χ0v) is 16.3. The first-order valence-corrected chi connectivity index (χ1v) is 9.04. The van der Waals surface area contributed by atoms with E-state index in [1.165, 1.54) is 7.11 Å². The molecule has 0 bridgehead atoms. The number of esters is 1. The third-order valence-electron chi connectivity index (χ3n) is 4.85. The summed E-state index contributed by atoms with van der Waals surface area (Å²) in [4.78, 5) is 37.6. The Morgan fingerprint density at radius 3 is 2.38 bits per heavy atom. The lowest BCUT2D eigenvalue weighted by atomic mass is 10.0. The maximum absolute atomic E-state index is 12.2. The molecule has 8 nitrogen and oxygen atoms in total. The first kappa shape index (κ1) is 20.2. The lowest BCUT2D eigenvalue weighted by molar-refractivity contribution is -0.135. The van der Waals surface area contributed by atoms with Gasteiger partial charge < -0.3 is 19.5 Å². The highest BCUT2D eigenvalue weighted by Crippen LogP contribution is 2.31. The zero-order chi connectivity index (χ0) is 21.0. The second kappa shape index (κ2) is 8.64. The third kappa shape index (κ3) is 4.48. The summed E-state index contributed by atoms with van der Waals surface area (Å²) in [5.41, 5.74) is 3.08. The molecule has 1 fully saturated rings. The number of carbonyl (C=O) groups is 3. The van der Waals surface area contributed by atoms with Crippen molar-refractivity contribution in [1.82, 2.24) is 9.80 Å². The summed E-state index contributed by atoms with van der Waals surface area (Å²) in [5, 5.41) is 9.01. The van der Waals surface area contributed by atoms with E-state index in [0.717, 1.165) is 21.6 Å². The van der Waals surface area contributed by atoms with Crippen LogP contribution in [0.5, 0.6) is 5.75 Å². The van der Waals surface area contributed by atoms with Crippen LogP contribution in [0, 0.1) is 0 Å². The van der Waals surface area contributed by atoms with Crippen LogP contribution >= 0.6 is 0 Å². The van der Waals surface area contributed by atoms with Crippen LogP contribution in [0.1, 0.15) is 15.9 Å². The molecule has 1 heterocycles. The van der Waals surface area contributed by atoms with Gasteiger partial charge in [-0.05, 0) is 29.3 Å². The summed E-state index contributed by atoms with van der Waals surface area (Å²) >= 11 is 0. The zero-order valence-electron chi connectivity index (χ0n) is 16.3. The molecule has 1 saturated heterocycles. The Kier molecular flexibility index (Phi) is 6.01. The van der Waals surface area contributed by atoms with Crippen molar-refractivity contribution in [2.75, 3.05) is 33.9 Å². The van der Waals surface area contributed by atoms with Gasteiger partial charge in [0.1, 0.15) is 12.3 Å². The predicted molar refractivity (Wildman–Crippen MR) is 105 cm³/mol. The van der Waals surface area contributed by atoms with Crippen LogP contribution in [0.4, 0.5) is 4.79 Å². The van der Waals surface area contributed by atoms with E-state index >= 15 is 0 Å². The van der Waals surface area contributed by atoms with Crippen molar-refractivity contribution in [2.45, 2.75) is 6.54 Å². The van der Waals surface area contributed by atoms with E-state index in [4.69, 9.17) is 14.6 Å². The molecular weight excluding hydrogens is 376 g/mol. The minimum Gasteiger partial charge on any atom is -0.496 e. The molecule has 8 heteroatoms. The summed E-state index contributed by atoms with van der Waals surface area (Å²) in [5.74, 6) is 0.0246. The first-order valence-electron chi connectivity index (χ1n) is 9.04. The van der Waals surface area contributed by atoms with Crippen LogP contribution in [-0.4, -0.2) is 66.7 Å². The van der Waals surface area contributed by atoms with E-state index in [0.29, 0.717) is 30.9 Å². The number of amides is 2. The van der Waals surface area contributed by atoms with Gasteiger partial charge in [0, 0.05) is 25.2 Å². The van der Waals surface area contributed by atoms with E-state index in [9.17, 15) is 14.4 Å². The van der Waals surface area contributed by atoms with Gasteiger partial charge >= 0.3 is 12.1 Å². The molecule has 2 aromatic rings. The lowest BCUT2D eigenvalue weighted by Crippen LogP contribution is -2.51. The van der Waals surface area contributed by atoms with Crippen LogP contribution in [0.25, 0.3) is 11.1 Å². The van der Waals surface area contributed by atoms with Gasteiger partial charge in [-0.15, -0.1) is 0 Å². The van der Waals surface area contributed by atoms with Crippen molar-refractivity contribution >= 4 is 18.0 Å². The number of carbonyl (C=O) groups excluding carboxylic acids is 2. The fourth-order valence-electron chi connectivity index (χ4n) is 3.24. The molecular formula is C21H22N2O6. The van der Waals surface area contributed by atoms with E-state index < -0.39 is 12.1 Å². The summed E-state index contributed by atoms with van der Waals surface area (Å²) in [7, 11) is 2.91. The number of nitrogens with zero attached hydrogens (tertiary/aromatic N) is 2. The molecule has 1 aliphatic heterocycles. The number of rotatable bonds is 5. The molecule has 2 amide bonds. The van der Waals surface area contributed by atoms with Crippen LogP contribution in [0.2, 0.25) is 0 Å². The predicted octanol–water partition coefficient (Wildman–Crippen LogP) is 2.47. The summed E-state index contributed by atoms with van der Waals surface area (Å²) < 4.78 is 10.2. The normalized spacial score (nSPS) is 13.9. The molecule has 1 N–H and O–H groups in total. The van der Waals surface area contributed by atoms with Gasteiger partial charge in [0.2, 0.25) is 5.91 Å². The number of benzene rings is 2. The van der Waals surface area contributed by atoms with Gasteiger partial charge in [0.05, 0.1) is 19.8 Å². The molecule has 1 aliphatic rings. The number of ether oxygens (including phenoxy) is 2. The molecule has 0 atom stereocenters. The highest BCUT2D eigenvalue weighted by molar-refractivity contribution is 5.90. The van der Waals surface area contributed by atoms with Crippen LogP contribution in [-0.2, 0) is 16.1 Å². The fourth-order valence-corrected chi connectivity index (χ4v) is 3.24. The average Bonchev–Trinajstić information content (AvgIpc) is 2.74. The molecule has 3 rings (SSSR count). The minimum atomic E-state index is -1.08. The molecule has 0 aromatic heterocycles. The maximum atomic E-state index is 12.2. The highest BCUT2D eigenvalue weighted by atomic mass is 16.5. The molecule has 2 aromatic carbocycles. The molecule has 152 valence electrons. The van der Waals surface area contributed by atoms with E-state index in [1.54, 1.807) is 24.1 Å². The number of methoxy groups -OCH3 is 2. The quantitative estimate of drug-likeness (QED) is 0.778. The SMILES string of the molecule is COC(=O)c1ccc(-c2ccc(CN3CCN(C(=O)O)CC3=O)cc2OC)cc1. The van der Waals surface area contributed by atoms with Gasteiger partial charge in [-0.1, -0.05) is 24.3 Å². The average molecular weight is 398 g/mol. The number of piperazine rings is 1. The van der Waals surface area contributed by atoms with Gasteiger partial charge in [-0.3, -0.25) is 9.69 Å². The van der Waals surface area contributed by atoms with Gasteiger partial charge in [-0.25, -0.2) is 9.59 Å². The van der Waals surface area contributed by atoms with E-state index in [1.807, 2.05) is 30.3 Å². The fraction of sp³-hybridized carbons (Fsp3) is 0.286. The molecule has 0 aliphatic carbocycles. The Morgan fingerprint density at radius 1 is 1.07 bits per heavy atom. The lowest BCUT2D eigenvalue weighted by Gasteiger charge is -2.32. The maximum Gasteiger partial charge on any atom is 0.407 e. The molecule has 0 spiro atoms. The van der Waals surface area contributed by atoms with E-state index in [-0.39, 0.29) is 12.5 Å². The topological polar surface area (TPSA) is 96.4 Å². The summed E-state index contributed by atoms with van der Waals surface area (Å²) in [6.07, 6.45) is -1.08. The number of carboxylic acid groups (broad SMARTS) is 1. The summed E-state index contributed by atoms with van der Waals surface area (Å²) in [6, 6.07) is 12.7. The molecule has 29 heavy (non-hydrogen) atoms. The number of hydrogen-bond acceptors (Lipinski definition) is 5. The van der Waals surface area contributed by atoms with Gasteiger partial charge in [0.15, 0.2) is 0 Å². The van der Waals surface area contributed by atoms with Crippen molar-refractivity contribution in [1.29, 1.82) is 0 Å².